The zero-order valence-electron chi connectivity index (χ0n) is 17.3. The molecule has 1 atom stereocenters. The lowest BCUT2D eigenvalue weighted by Crippen LogP contribution is -2.46. The quantitative estimate of drug-likeness (QED) is 0.600. The highest BCUT2D eigenvalue weighted by molar-refractivity contribution is 5.81. The van der Waals surface area contributed by atoms with Crippen LogP contribution in [0.5, 0.6) is 0 Å². The molecule has 2 aromatic heterocycles. The highest BCUT2D eigenvalue weighted by atomic mass is 16.2. The van der Waals surface area contributed by atoms with Gasteiger partial charge in [-0.25, -0.2) is 4.98 Å². The third kappa shape index (κ3) is 4.89. The molecule has 7 heteroatoms. The van der Waals surface area contributed by atoms with Gasteiger partial charge in [-0.3, -0.25) is 9.79 Å². The summed E-state index contributed by atoms with van der Waals surface area (Å²) in [6.45, 7) is 2.40. The molecule has 2 aromatic rings. The molecule has 4 rings (SSSR count). The molecule has 1 aliphatic heterocycles. The third-order valence-electron chi connectivity index (χ3n) is 6.11. The number of nitrogens with one attached hydrogen (secondary N) is 2. The lowest BCUT2D eigenvalue weighted by Gasteiger charge is -2.26. The minimum absolute atomic E-state index is 0.255. The van der Waals surface area contributed by atoms with E-state index in [0.717, 1.165) is 62.6 Å². The number of aliphatic imine (C=N–C) groups is 1. The van der Waals surface area contributed by atoms with Crippen molar-refractivity contribution in [3.8, 4) is 0 Å². The van der Waals surface area contributed by atoms with E-state index in [0.29, 0.717) is 5.91 Å². The number of fused-ring (bicyclic) bond motifs is 1. The summed E-state index contributed by atoms with van der Waals surface area (Å²) in [5.41, 5.74) is 2.03. The molecular weight excluding hydrogens is 364 g/mol. The number of guanidine groups is 1. The standard InChI is InChI=1S/C22H32N6O/c1-23-22(24-12-10-18-15-27-13-6-5-9-20(27)25-18)26-19-11-14-28(16-19)21(29)17-7-3-2-4-8-17/h5-6,9,13,15,17,19H,2-4,7-8,10-12,14,16H2,1H3,(H2,23,24,26). The molecule has 0 spiro atoms. The number of hydrogen-bond acceptors (Lipinski definition) is 3. The number of imidazole rings is 1. The summed E-state index contributed by atoms with van der Waals surface area (Å²) in [5.74, 6) is 1.42. The van der Waals surface area contributed by atoms with Gasteiger partial charge < -0.3 is 19.9 Å². The Morgan fingerprint density at radius 2 is 2.10 bits per heavy atom. The second-order valence-electron chi connectivity index (χ2n) is 8.20. The lowest BCUT2D eigenvalue weighted by molar-refractivity contribution is -0.135. The number of pyridine rings is 1. The van der Waals surface area contributed by atoms with Crippen LogP contribution in [-0.4, -0.2) is 58.9 Å². The van der Waals surface area contributed by atoms with Crippen molar-refractivity contribution in [1.29, 1.82) is 0 Å². The van der Waals surface area contributed by atoms with E-state index in [4.69, 9.17) is 0 Å². The zero-order chi connectivity index (χ0) is 20.1. The van der Waals surface area contributed by atoms with E-state index in [-0.39, 0.29) is 12.0 Å². The minimum Gasteiger partial charge on any atom is -0.356 e. The maximum Gasteiger partial charge on any atom is 0.225 e. The molecule has 1 aliphatic carbocycles. The maximum absolute atomic E-state index is 12.7. The van der Waals surface area contributed by atoms with Gasteiger partial charge in [0.15, 0.2) is 5.96 Å². The van der Waals surface area contributed by atoms with Crippen LogP contribution in [0.3, 0.4) is 0 Å². The number of aromatic nitrogens is 2. The predicted octanol–water partition coefficient (Wildman–Crippen LogP) is 2.22. The van der Waals surface area contributed by atoms with Gasteiger partial charge in [0.2, 0.25) is 5.91 Å². The van der Waals surface area contributed by atoms with Crippen molar-refractivity contribution in [1.82, 2.24) is 24.9 Å². The summed E-state index contributed by atoms with van der Waals surface area (Å²) in [7, 11) is 1.79. The molecule has 156 valence electrons. The maximum atomic E-state index is 12.7. The average Bonchev–Trinajstić information content (AvgIpc) is 3.39. The van der Waals surface area contributed by atoms with E-state index >= 15 is 0 Å². The number of rotatable bonds is 5. The first-order chi connectivity index (χ1) is 14.2. The normalized spacial score (nSPS) is 20.9. The smallest absolute Gasteiger partial charge is 0.225 e. The zero-order valence-corrected chi connectivity index (χ0v) is 17.3. The summed E-state index contributed by atoms with van der Waals surface area (Å²) < 4.78 is 2.04. The Labute approximate surface area is 172 Å². The van der Waals surface area contributed by atoms with Gasteiger partial charge in [0.1, 0.15) is 5.65 Å². The Balaban J connectivity index is 1.22. The molecule has 29 heavy (non-hydrogen) atoms. The van der Waals surface area contributed by atoms with E-state index in [2.05, 4.69) is 31.7 Å². The van der Waals surface area contributed by atoms with Crippen LogP contribution >= 0.6 is 0 Å². The van der Waals surface area contributed by atoms with Crippen molar-refractivity contribution in [3.63, 3.8) is 0 Å². The van der Waals surface area contributed by atoms with Crippen molar-refractivity contribution in [2.75, 3.05) is 26.7 Å². The summed E-state index contributed by atoms with van der Waals surface area (Å²) in [5, 5.41) is 6.87. The molecule has 1 saturated heterocycles. The molecule has 2 fully saturated rings. The van der Waals surface area contributed by atoms with Gasteiger partial charge in [0, 0.05) is 57.5 Å². The lowest BCUT2D eigenvalue weighted by atomic mass is 9.88. The molecular formula is C22H32N6O. The number of amides is 1. The number of carbonyl (C=O) groups is 1. The number of likely N-dealkylation sites (tertiary alicyclic amines) is 1. The van der Waals surface area contributed by atoms with Crippen LogP contribution in [-0.2, 0) is 11.2 Å². The number of carbonyl (C=O) groups excluding carboxylic acids is 1. The Morgan fingerprint density at radius 3 is 2.90 bits per heavy atom. The van der Waals surface area contributed by atoms with Crippen molar-refractivity contribution in [2.24, 2.45) is 10.9 Å². The highest BCUT2D eigenvalue weighted by Gasteiger charge is 2.31. The van der Waals surface area contributed by atoms with Gasteiger partial charge >= 0.3 is 0 Å². The fourth-order valence-corrected chi connectivity index (χ4v) is 4.49. The van der Waals surface area contributed by atoms with Gasteiger partial charge in [-0.2, -0.15) is 0 Å². The number of hydrogen-bond donors (Lipinski definition) is 2. The molecule has 0 radical (unpaired) electrons. The van der Waals surface area contributed by atoms with Crippen LogP contribution in [0.15, 0.2) is 35.6 Å². The number of nitrogens with zero attached hydrogens (tertiary/aromatic N) is 4. The van der Waals surface area contributed by atoms with E-state index in [1.54, 1.807) is 7.05 Å². The first kappa shape index (κ1) is 19.7. The molecule has 0 bridgehead atoms. The molecule has 7 nitrogen and oxygen atoms in total. The van der Waals surface area contributed by atoms with E-state index in [9.17, 15) is 4.79 Å². The van der Waals surface area contributed by atoms with E-state index in [1.165, 1.54) is 19.3 Å². The second kappa shape index (κ2) is 9.29. The van der Waals surface area contributed by atoms with Crippen LogP contribution in [0.25, 0.3) is 5.65 Å². The molecule has 1 saturated carbocycles. The second-order valence-corrected chi connectivity index (χ2v) is 8.20. The van der Waals surface area contributed by atoms with Gasteiger partial charge in [-0.15, -0.1) is 0 Å². The van der Waals surface area contributed by atoms with Gasteiger partial charge in [-0.1, -0.05) is 25.3 Å². The van der Waals surface area contributed by atoms with Crippen LogP contribution < -0.4 is 10.6 Å². The highest BCUT2D eigenvalue weighted by Crippen LogP contribution is 2.26. The molecule has 0 aromatic carbocycles. The third-order valence-corrected chi connectivity index (χ3v) is 6.11. The van der Waals surface area contributed by atoms with Gasteiger partial charge in [0.25, 0.3) is 0 Å². The molecule has 1 unspecified atom stereocenters. The molecule has 3 heterocycles. The van der Waals surface area contributed by atoms with E-state index < -0.39 is 0 Å². The van der Waals surface area contributed by atoms with Crippen molar-refractivity contribution in [2.45, 2.75) is 51.0 Å². The molecule has 1 amide bonds. The van der Waals surface area contributed by atoms with Crippen LogP contribution in [0.1, 0.15) is 44.2 Å². The van der Waals surface area contributed by atoms with Crippen molar-refractivity contribution < 1.29 is 4.79 Å². The molecule has 2 N–H and O–H groups in total. The van der Waals surface area contributed by atoms with Crippen LogP contribution in [0.2, 0.25) is 0 Å². The Morgan fingerprint density at radius 1 is 1.24 bits per heavy atom. The Hall–Kier alpha value is -2.57. The fraction of sp³-hybridized carbons (Fsp3) is 0.591. The van der Waals surface area contributed by atoms with E-state index in [1.807, 2.05) is 28.8 Å². The SMILES string of the molecule is CN=C(NCCc1cn2ccccc2n1)NC1CCN(C(=O)C2CCCCC2)C1. The first-order valence-corrected chi connectivity index (χ1v) is 10.9. The fourth-order valence-electron chi connectivity index (χ4n) is 4.49. The van der Waals surface area contributed by atoms with Gasteiger partial charge in [0.05, 0.1) is 5.69 Å². The van der Waals surface area contributed by atoms with Crippen molar-refractivity contribution >= 4 is 17.5 Å². The molecule has 2 aliphatic rings. The Bertz CT molecular complexity index is 821. The summed E-state index contributed by atoms with van der Waals surface area (Å²) >= 11 is 0. The first-order valence-electron chi connectivity index (χ1n) is 10.9. The summed E-state index contributed by atoms with van der Waals surface area (Å²) in [4.78, 5) is 23.8. The van der Waals surface area contributed by atoms with Crippen molar-refractivity contribution in [3.05, 3.63) is 36.3 Å². The summed E-state index contributed by atoms with van der Waals surface area (Å²) in [6.07, 6.45) is 11.7. The van der Waals surface area contributed by atoms with Crippen LogP contribution in [0.4, 0.5) is 0 Å². The monoisotopic (exact) mass is 396 g/mol. The summed E-state index contributed by atoms with van der Waals surface area (Å²) in [6, 6.07) is 6.29. The van der Waals surface area contributed by atoms with Crippen LogP contribution in [0, 0.1) is 5.92 Å². The minimum atomic E-state index is 0.255. The largest absolute Gasteiger partial charge is 0.356 e. The Kier molecular flexibility index (Phi) is 6.32. The predicted molar refractivity (Wildman–Crippen MR) is 115 cm³/mol. The topological polar surface area (TPSA) is 74.0 Å². The average molecular weight is 397 g/mol. The van der Waals surface area contributed by atoms with Gasteiger partial charge in [-0.05, 0) is 31.4 Å².